The van der Waals surface area contributed by atoms with Crippen LogP contribution in [0, 0.1) is 22.7 Å². The first-order valence-electron chi connectivity index (χ1n) is 27.8. The summed E-state index contributed by atoms with van der Waals surface area (Å²) in [6, 6.07) is 0. The standard InChI is InChI=1S/C54H86O23/c1-23(56)31-12-15-54(65)52(31,8)38(71-28(6)57)21-37-51(7)13-11-30(16-29(51)10-14-53(37,54)64)72-39-17-32(58)46(24(2)67-39)74-40-18-33(59)47(25(3)68-40)75-41-19-34(60)48(26(4)69-41)76-42-20-35(66-9)49(27(5)70-42)77-50-45(63)44(62)43(61)36(22-55)73-50/h10,24-27,30-50,55,58-65H,11-22H2,1-9H3. The summed E-state index contributed by atoms with van der Waals surface area (Å²) in [7, 11) is 1.46. The molecule has 0 amide bonds. The normalized spacial score (nSPS) is 53.1. The number of methoxy groups -OCH3 is 1. The van der Waals surface area contributed by atoms with Crippen molar-refractivity contribution >= 4 is 11.8 Å². The van der Waals surface area contributed by atoms with Gasteiger partial charge in [-0.1, -0.05) is 25.5 Å². The highest BCUT2D eigenvalue weighted by molar-refractivity contribution is 5.80. The molecule has 0 bridgehead atoms. The molecule has 5 aliphatic heterocycles. The van der Waals surface area contributed by atoms with Gasteiger partial charge in [-0.2, -0.15) is 0 Å². The van der Waals surface area contributed by atoms with Crippen LogP contribution in [0.5, 0.6) is 0 Å². The van der Waals surface area contributed by atoms with Gasteiger partial charge in [-0.25, -0.2) is 0 Å². The second-order valence-corrected chi connectivity index (χ2v) is 24.1. The van der Waals surface area contributed by atoms with Crippen LogP contribution < -0.4 is 0 Å². The molecule has 9 N–H and O–H groups in total. The summed E-state index contributed by atoms with van der Waals surface area (Å²) in [5, 5.41) is 100. The lowest BCUT2D eigenvalue weighted by Gasteiger charge is -2.66. The third-order valence-electron chi connectivity index (χ3n) is 19.5. The first-order valence-corrected chi connectivity index (χ1v) is 27.8. The zero-order valence-corrected chi connectivity index (χ0v) is 45.7. The second-order valence-electron chi connectivity index (χ2n) is 24.1. The molecule has 0 aromatic heterocycles. The zero-order valence-electron chi connectivity index (χ0n) is 45.7. The summed E-state index contributed by atoms with van der Waals surface area (Å²) >= 11 is 0. The van der Waals surface area contributed by atoms with Gasteiger partial charge in [0.05, 0.1) is 61.5 Å². The predicted octanol–water partition coefficient (Wildman–Crippen LogP) is 0.289. The average Bonchev–Trinajstić information content (AvgIpc) is 3.98. The fourth-order valence-electron chi connectivity index (χ4n) is 15.2. The van der Waals surface area contributed by atoms with Gasteiger partial charge in [-0.3, -0.25) is 9.59 Å². The molecule has 23 nitrogen and oxygen atoms in total. The molecule has 0 aromatic rings. The molecule has 8 fully saturated rings. The summed E-state index contributed by atoms with van der Waals surface area (Å²) in [6.07, 6.45) is -16.7. The Morgan fingerprint density at radius 1 is 0.649 bits per heavy atom. The molecule has 77 heavy (non-hydrogen) atoms. The minimum atomic E-state index is -1.66. The molecule has 440 valence electrons. The quantitative estimate of drug-likeness (QED) is 0.0834. The Kier molecular flexibility index (Phi) is 17.9. The maximum absolute atomic E-state index is 13.0. The highest BCUT2D eigenvalue weighted by atomic mass is 16.8. The van der Waals surface area contributed by atoms with Gasteiger partial charge in [-0.15, -0.1) is 0 Å². The fraction of sp³-hybridized carbons (Fsp3) is 0.926. The Hall–Kier alpha value is -1.92. The minimum Gasteiger partial charge on any atom is -0.462 e. The Balaban J connectivity index is 0.736. The number of fused-ring (bicyclic) bond motifs is 5. The van der Waals surface area contributed by atoms with Crippen LogP contribution in [-0.2, 0) is 66.4 Å². The van der Waals surface area contributed by atoms with Gasteiger partial charge in [0.25, 0.3) is 0 Å². The lowest BCUT2D eigenvalue weighted by Crippen LogP contribution is -2.75. The Labute approximate surface area is 449 Å². The Morgan fingerprint density at radius 2 is 1.17 bits per heavy atom. The number of carbonyl (C=O) groups is 2. The fourth-order valence-corrected chi connectivity index (χ4v) is 15.2. The van der Waals surface area contributed by atoms with E-state index in [1.807, 2.05) is 6.08 Å². The minimum absolute atomic E-state index is 0.00203. The highest BCUT2D eigenvalue weighted by Gasteiger charge is 2.77. The average molecular weight is 1100 g/mol. The molecular weight excluding hydrogens is 1020 g/mol. The summed E-state index contributed by atoms with van der Waals surface area (Å²) in [6.45, 7) is 13.0. The Morgan fingerprint density at radius 3 is 1.66 bits per heavy atom. The molecular formula is C54H86O23. The van der Waals surface area contributed by atoms with Crippen molar-refractivity contribution in [3.63, 3.8) is 0 Å². The van der Waals surface area contributed by atoms with Crippen molar-refractivity contribution in [3.05, 3.63) is 11.6 Å². The number of hydrogen-bond acceptors (Lipinski definition) is 23. The largest absolute Gasteiger partial charge is 0.462 e. The van der Waals surface area contributed by atoms with Crippen LogP contribution in [0.15, 0.2) is 11.6 Å². The van der Waals surface area contributed by atoms with E-state index >= 15 is 0 Å². The monoisotopic (exact) mass is 1100 g/mol. The molecule has 9 rings (SSSR count). The van der Waals surface area contributed by atoms with Gasteiger partial charge >= 0.3 is 5.97 Å². The molecule has 23 heteroatoms. The summed E-state index contributed by atoms with van der Waals surface area (Å²) in [5.41, 5.74) is -3.85. The first-order chi connectivity index (χ1) is 36.3. The molecule has 4 aliphatic carbocycles. The summed E-state index contributed by atoms with van der Waals surface area (Å²) in [4.78, 5) is 25.5. The van der Waals surface area contributed by atoms with Crippen molar-refractivity contribution in [1.29, 1.82) is 0 Å². The van der Waals surface area contributed by atoms with E-state index in [4.69, 9.17) is 56.8 Å². The molecule has 0 spiro atoms. The molecule has 29 unspecified atom stereocenters. The number of rotatable bonds is 14. The highest BCUT2D eigenvalue weighted by Crippen LogP contribution is 2.70. The van der Waals surface area contributed by atoms with E-state index < -0.39 is 182 Å². The number of aliphatic hydroxyl groups is 9. The molecule has 5 heterocycles. The van der Waals surface area contributed by atoms with Crippen LogP contribution >= 0.6 is 0 Å². The molecule has 0 aromatic carbocycles. The first kappa shape index (κ1) is 59.7. The van der Waals surface area contributed by atoms with Crippen molar-refractivity contribution in [1.82, 2.24) is 0 Å². The molecule has 0 radical (unpaired) electrons. The number of carbonyl (C=O) groups excluding carboxylic acids is 2. The van der Waals surface area contributed by atoms with Crippen molar-refractivity contribution in [2.45, 2.75) is 279 Å². The third-order valence-corrected chi connectivity index (χ3v) is 19.5. The predicted molar refractivity (Wildman–Crippen MR) is 262 cm³/mol. The van der Waals surface area contributed by atoms with Gasteiger partial charge in [0.1, 0.15) is 71.9 Å². The molecule has 3 saturated carbocycles. The van der Waals surface area contributed by atoms with Gasteiger partial charge in [0, 0.05) is 57.0 Å². The molecule has 9 aliphatic rings. The van der Waals surface area contributed by atoms with Gasteiger partial charge in [0.15, 0.2) is 31.5 Å². The van der Waals surface area contributed by atoms with E-state index in [-0.39, 0.29) is 50.4 Å². The molecule has 5 saturated heterocycles. The number of ketones is 1. The van der Waals surface area contributed by atoms with Gasteiger partial charge in [-0.05, 0) is 85.0 Å². The van der Waals surface area contributed by atoms with E-state index in [9.17, 15) is 55.5 Å². The van der Waals surface area contributed by atoms with Crippen LogP contribution in [0.25, 0.3) is 0 Å². The van der Waals surface area contributed by atoms with Gasteiger partial charge < -0.3 is 103 Å². The topological polar surface area (TPSA) is 327 Å². The van der Waals surface area contributed by atoms with Gasteiger partial charge in [0.2, 0.25) is 0 Å². The second kappa shape index (κ2) is 23.0. The molecule has 29 atom stereocenters. The van der Waals surface area contributed by atoms with Crippen LogP contribution in [0.1, 0.15) is 126 Å². The smallest absolute Gasteiger partial charge is 0.302 e. The summed E-state index contributed by atoms with van der Waals surface area (Å²) < 4.78 is 73.3. The number of ether oxygens (including phenoxy) is 12. The van der Waals surface area contributed by atoms with Crippen LogP contribution in [0.3, 0.4) is 0 Å². The van der Waals surface area contributed by atoms with E-state index in [1.165, 1.54) is 21.0 Å². The lowest BCUT2D eigenvalue weighted by atomic mass is 9.43. The SMILES string of the molecule is COC1CC(OC2C(O)CC(OC3C(O)CC(OC4C(O)CC(OC5CCC6(C)C(=CCC7(O)C6CC(OC(C)=O)C6(C)C(C(C)=O)CCC76O)C5)OC4C)OC3C)OC2C)OC(C)C1OC1OC(CO)C(O)C(O)C1O. The van der Waals surface area contributed by atoms with Crippen LogP contribution in [-0.4, -0.2) is 224 Å². The third kappa shape index (κ3) is 10.9. The lowest BCUT2D eigenvalue weighted by molar-refractivity contribution is -0.357. The van der Waals surface area contributed by atoms with Crippen LogP contribution in [0.4, 0.5) is 0 Å². The summed E-state index contributed by atoms with van der Waals surface area (Å²) in [5.74, 6) is -1.62. The van der Waals surface area contributed by atoms with E-state index in [2.05, 4.69) is 6.92 Å². The zero-order chi connectivity index (χ0) is 55.8. The van der Waals surface area contributed by atoms with Crippen molar-refractivity contribution in [2.24, 2.45) is 22.7 Å². The Bertz CT molecular complexity index is 2060. The van der Waals surface area contributed by atoms with E-state index in [0.717, 1.165) is 5.57 Å². The maximum Gasteiger partial charge on any atom is 0.302 e. The number of esters is 1. The maximum atomic E-state index is 13.0. The number of Topliss-reactive ketones (excluding diaryl/α,β-unsaturated/α-hetero) is 1. The number of aliphatic hydroxyl groups excluding tert-OH is 7. The van der Waals surface area contributed by atoms with E-state index in [1.54, 1.807) is 34.6 Å². The van der Waals surface area contributed by atoms with Crippen molar-refractivity contribution < 1.29 is 112 Å². The van der Waals surface area contributed by atoms with E-state index in [0.29, 0.717) is 32.1 Å². The van der Waals surface area contributed by atoms with Crippen LogP contribution in [0.2, 0.25) is 0 Å². The number of hydrogen-bond donors (Lipinski definition) is 9. The van der Waals surface area contributed by atoms with Crippen molar-refractivity contribution in [3.8, 4) is 0 Å². The van der Waals surface area contributed by atoms with Crippen molar-refractivity contribution in [2.75, 3.05) is 13.7 Å².